The van der Waals surface area contributed by atoms with Crippen molar-refractivity contribution >= 4 is 0 Å². The summed E-state index contributed by atoms with van der Waals surface area (Å²) in [6.07, 6.45) is -4.52. The first kappa shape index (κ1) is 11.7. The third-order valence-electron chi connectivity index (χ3n) is 2.07. The Hall–Kier alpha value is -1.39. The van der Waals surface area contributed by atoms with Crippen molar-refractivity contribution < 1.29 is 23.4 Å². The molecule has 0 atom stereocenters. The fraction of sp³-hybridized carbons (Fsp3) is 0.400. The molecule has 84 valence electrons. The first-order valence-electron chi connectivity index (χ1n) is 4.36. The van der Waals surface area contributed by atoms with Crippen LogP contribution >= 0.6 is 0 Å². The van der Waals surface area contributed by atoms with Crippen molar-refractivity contribution in [3.63, 3.8) is 0 Å². The Morgan fingerprint density at radius 1 is 1.13 bits per heavy atom. The van der Waals surface area contributed by atoms with Crippen LogP contribution in [-0.4, -0.2) is 10.2 Å². The van der Waals surface area contributed by atoms with E-state index in [1.165, 1.54) is 0 Å². The molecule has 1 rings (SSSR count). The molecule has 5 heteroatoms. The lowest BCUT2D eigenvalue weighted by molar-refractivity contribution is -0.137. The Kier molecular flexibility index (Phi) is 2.83. The molecule has 0 saturated heterocycles. The number of benzene rings is 1. The van der Waals surface area contributed by atoms with Gasteiger partial charge in [0.15, 0.2) is 11.5 Å². The van der Waals surface area contributed by atoms with Crippen molar-refractivity contribution in [2.45, 2.75) is 25.9 Å². The van der Waals surface area contributed by atoms with Gasteiger partial charge in [-0.1, -0.05) is 13.8 Å². The Bertz CT molecular complexity index is 370. The van der Waals surface area contributed by atoms with Gasteiger partial charge in [0.2, 0.25) is 0 Å². The Morgan fingerprint density at radius 3 is 2.07 bits per heavy atom. The summed E-state index contributed by atoms with van der Waals surface area (Å²) in [5.74, 6) is -1.52. The summed E-state index contributed by atoms with van der Waals surface area (Å²) in [4.78, 5) is 0. The van der Waals surface area contributed by atoms with E-state index in [9.17, 15) is 18.3 Å². The predicted molar refractivity (Wildman–Crippen MR) is 48.9 cm³/mol. The smallest absolute Gasteiger partial charge is 0.416 e. The zero-order chi connectivity index (χ0) is 11.8. The zero-order valence-electron chi connectivity index (χ0n) is 8.26. The average Bonchev–Trinajstić information content (AvgIpc) is 2.06. The molecule has 0 amide bonds. The highest BCUT2D eigenvalue weighted by molar-refractivity contribution is 5.49. The van der Waals surface area contributed by atoms with Gasteiger partial charge in [0.25, 0.3) is 0 Å². The van der Waals surface area contributed by atoms with Gasteiger partial charge in [0, 0.05) is 5.56 Å². The van der Waals surface area contributed by atoms with E-state index in [1.807, 2.05) is 0 Å². The molecule has 0 unspecified atom stereocenters. The second-order valence-electron chi connectivity index (χ2n) is 3.59. The first-order valence-corrected chi connectivity index (χ1v) is 4.36. The van der Waals surface area contributed by atoms with Gasteiger partial charge in [0.05, 0.1) is 5.56 Å². The molecule has 0 heterocycles. The summed E-state index contributed by atoms with van der Waals surface area (Å²) in [5, 5.41) is 18.5. The molecule has 0 aromatic heterocycles. The van der Waals surface area contributed by atoms with Gasteiger partial charge in [-0.15, -0.1) is 0 Å². The van der Waals surface area contributed by atoms with Crippen molar-refractivity contribution in [3.8, 4) is 11.5 Å². The number of alkyl halides is 3. The monoisotopic (exact) mass is 220 g/mol. The molecular weight excluding hydrogens is 209 g/mol. The van der Waals surface area contributed by atoms with Crippen LogP contribution in [0.15, 0.2) is 12.1 Å². The van der Waals surface area contributed by atoms with Gasteiger partial charge < -0.3 is 10.2 Å². The van der Waals surface area contributed by atoms with Crippen LogP contribution < -0.4 is 0 Å². The van der Waals surface area contributed by atoms with E-state index in [0.29, 0.717) is 6.07 Å². The SMILES string of the molecule is CC(C)c1cc(C(F)(F)F)cc(O)c1O. The van der Waals surface area contributed by atoms with Gasteiger partial charge in [-0.05, 0) is 18.1 Å². The van der Waals surface area contributed by atoms with E-state index in [-0.39, 0.29) is 11.5 Å². The van der Waals surface area contributed by atoms with Gasteiger partial charge in [0.1, 0.15) is 0 Å². The molecule has 0 fully saturated rings. The minimum Gasteiger partial charge on any atom is -0.504 e. The summed E-state index contributed by atoms with van der Waals surface area (Å²) in [5.41, 5.74) is -0.871. The first-order chi connectivity index (χ1) is 6.73. The maximum atomic E-state index is 12.4. The van der Waals surface area contributed by atoms with Crippen molar-refractivity contribution in [1.82, 2.24) is 0 Å². The lowest BCUT2D eigenvalue weighted by Crippen LogP contribution is -2.06. The summed E-state index contributed by atoms with van der Waals surface area (Å²) in [7, 11) is 0. The van der Waals surface area contributed by atoms with Crippen molar-refractivity contribution in [2.75, 3.05) is 0 Å². The minimum absolute atomic E-state index is 0.0855. The maximum Gasteiger partial charge on any atom is 0.416 e. The second-order valence-corrected chi connectivity index (χ2v) is 3.59. The molecule has 0 radical (unpaired) electrons. The molecule has 0 bridgehead atoms. The third kappa shape index (κ3) is 2.34. The number of hydrogen-bond donors (Lipinski definition) is 2. The summed E-state index contributed by atoms with van der Waals surface area (Å²) in [6.45, 7) is 3.27. The highest BCUT2D eigenvalue weighted by atomic mass is 19.4. The molecule has 1 aromatic rings. The van der Waals surface area contributed by atoms with Crippen LogP contribution in [0.3, 0.4) is 0 Å². The number of rotatable bonds is 1. The van der Waals surface area contributed by atoms with E-state index in [4.69, 9.17) is 5.11 Å². The van der Waals surface area contributed by atoms with Crippen LogP contribution in [0.4, 0.5) is 13.2 Å². The van der Waals surface area contributed by atoms with E-state index < -0.39 is 23.2 Å². The summed E-state index contributed by atoms with van der Waals surface area (Å²) >= 11 is 0. The molecular formula is C10H11F3O2. The highest BCUT2D eigenvalue weighted by Crippen LogP contribution is 2.40. The van der Waals surface area contributed by atoms with E-state index in [2.05, 4.69) is 0 Å². The molecule has 0 aliphatic heterocycles. The van der Waals surface area contributed by atoms with Crippen LogP contribution in [-0.2, 0) is 6.18 Å². The minimum atomic E-state index is -4.52. The standard InChI is InChI=1S/C10H11F3O2/c1-5(2)7-3-6(10(11,12)13)4-8(14)9(7)15/h3-5,14-15H,1-2H3. The Morgan fingerprint density at radius 2 is 1.67 bits per heavy atom. The van der Waals surface area contributed by atoms with Crippen molar-refractivity contribution in [2.24, 2.45) is 0 Å². The van der Waals surface area contributed by atoms with Crippen LogP contribution in [0.5, 0.6) is 11.5 Å². The average molecular weight is 220 g/mol. The highest BCUT2D eigenvalue weighted by Gasteiger charge is 2.32. The van der Waals surface area contributed by atoms with E-state index >= 15 is 0 Å². The van der Waals surface area contributed by atoms with Crippen LogP contribution in [0.2, 0.25) is 0 Å². The van der Waals surface area contributed by atoms with Gasteiger partial charge >= 0.3 is 6.18 Å². The molecule has 0 aliphatic rings. The van der Waals surface area contributed by atoms with Gasteiger partial charge in [-0.25, -0.2) is 0 Å². The normalized spacial score (nSPS) is 12.1. The van der Waals surface area contributed by atoms with Crippen molar-refractivity contribution in [1.29, 1.82) is 0 Å². The Labute approximate surface area is 85.0 Å². The predicted octanol–water partition coefficient (Wildman–Crippen LogP) is 3.24. The zero-order valence-corrected chi connectivity index (χ0v) is 8.26. The topological polar surface area (TPSA) is 40.5 Å². The molecule has 2 nitrogen and oxygen atoms in total. The lowest BCUT2D eigenvalue weighted by atomic mass is 9.99. The number of phenolic OH excluding ortho intramolecular Hbond substituents is 2. The lowest BCUT2D eigenvalue weighted by Gasteiger charge is -2.14. The summed E-state index contributed by atoms with van der Waals surface area (Å²) < 4.78 is 37.1. The molecule has 0 spiro atoms. The Balaban J connectivity index is 3.36. The van der Waals surface area contributed by atoms with Crippen LogP contribution in [0.25, 0.3) is 0 Å². The molecule has 0 saturated carbocycles. The second kappa shape index (κ2) is 3.64. The number of aromatic hydroxyl groups is 2. The van der Waals surface area contributed by atoms with Crippen LogP contribution in [0.1, 0.15) is 30.9 Å². The van der Waals surface area contributed by atoms with Gasteiger partial charge in [-0.3, -0.25) is 0 Å². The molecule has 2 N–H and O–H groups in total. The van der Waals surface area contributed by atoms with Crippen LogP contribution in [0, 0.1) is 0 Å². The fourth-order valence-corrected chi connectivity index (χ4v) is 1.24. The molecule has 15 heavy (non-hydrogen) atoms. The van der Waals surface area contributed by atoms with E-state index in [0.717, 1.165) is 6.07 Å². The largest absolute Gasteiger partial charge is 0.504 e. The van der Waals surface area contributed by atoms with Crippen molar-refractivity contribution in [3.05, 3.63) is 23.3 Å². The number of phenols is 2. The third-order valence-corrected chi connectivity index (χ3v) is 2.07. The molecule has 0 aliphatic carbocycles. The summed E-state index contributed by atoms with van der Waals surface area (Å²) in [6, 6.07) is 1.36. The van der Waals surface area contributed by atoms with Gasteiger partial charge in [-0.2, -0.15) is 13.2 Å². The number of hydrogen-bond acceptors (Lipinski definition) is 2. The molecule has 1 aromatic carbocycles. The number of halogens is 3. The quantitative estimate of drug-likeness (QED) is 0.713. The van der Waals surface area contributed by atoms with E-state index in [1.54, 1.807) is 13.8 Å². The maximum absolute atomic E-state index is 12.4. The fourth-order valence-electron chi connectivity index (χ4n) is 1.24.